The largest absolute Gasteiger partial charge is 0.317 e. The molecule has 0 unspecified atom stereocenters. The average Bonchev–Trinajstić information content (AvgIpc) is 2.41. The Labute approximate surface area is 60.0 Å². The number of hydrogen-bond donors (Lipinski definition) is 2. The highest BCUT2D eigenvalue weighted by molar-refractivity contribution is 4.90. The van der Waals surface area contributed by atoms with E-state index in [0.717, 1.165) is 25.2 Å². The lowest BCUT2D eigenvalue weighted by Gasteiger charge is -1.96. The molecular formula is C6H12N4. The minimum Gasteiger partial charge on any atom is -0.317 e. The van der Waals surface area contributed by atoms with E-state index in [1.165, 1.54) is 0 Å². The predicted molar refractivity (Wildman–Crippen MR) is 38.6 cm³/mol. The number of aromatic amines is 1. The third-order valence-corrected chi connectivity index (χ3v) is 1.29. The molecule has 0 aliphatic carbocycles. The zero-order valence-electron chi connectivity index (χ0n) is 6.09. The van der Waals surface area contributed by atoms with E-state index in [4.69, 9.17) is 0 Å². The maximum absolute atomic E-state index is 3.67. The lowest BCUT2D eigenvalue weighted by molar-refractivity contribution is 0.706. The van der Waals surface area contributed by atoms with Gasteiger partial charge in [0.25, 0.3) is 0 Å². The summed E-state index contributed by atoms with van der Waals surface area (Å²) in [4.78, 5) is 0. The molecule has 0 bridgehead atoms. The summed E-state index contributed by atoms with van der Waals surface area (Å²) in [5.41, 5.74) is 1.08. The van der Waals surface area contributed by atoms with Crippen molar-refractivity contribution < 1.29 is 0 Å². The molecule has 0 aromatic carbocycles. The van der Waals surface area contributed by atoms with Crippen molar-refractivity contribution in [2.45, 2.75) is 13.3 Å². The van der Waals surface area contributed by atoms with Crippen LogP contribution in [0.1, 0.15) is 12.6 Å². The van der Waals surface area contributed by atoms with Crippen LogP contribution in [-0.2, 0) is 6.42 Å². The molecule has 0 atom stereocenters. The lowest BCUT2D eigenvalue weighted by atomic mass is 10.3. The first-order chi connectivity index (χ1) is 4.93. The zero-order valence-corrected chi connectivity index (χ0v) is 6.09. The molecule has 1 aromatic rings. The van der Waals surface area contributed by atoms with Crippen molar-refractivity contribution in [3.63, 3.8) is 0 Å². The van der Waals surface area contributed by atoms with E-state index < -0.39 is 0 Å². The number of rotatable bonds is 4. The van der Waals surface area contributed by atoms with Crippen molar-refractivity contribution in [2.24, 2.45) is 0 Å². The van der Waals surface area contributed by atoms with Gasteiger partial charge in [-0.15, -0.1) is 5.10 Å². The van der Waals surface area contributed by atoms with Crippen LogP contribution in [0.15, 0.2) is 6.20 Å². The number of H-pyrrole nitrogens is 1. The Balaban J connectivity index is 2.15. The molecule has 0 aliphatic heterocycles. The van der Waals surface area contributed by atoms with Gasteiger partial charge >= 0.3 is 0 Å². The zero-order chi connectivity index (χ0) is 7.23. The average molecular weight is 140 g/mol. The van der Waals surface area contributed by atoms with E-state index in [0.29, 0.717) is 0 Å². The fraction of sp³-hybridized carbons (Fsp3) is 0.667. The first kappa shape index (κ1) is 7.21. The second kappa shape index (κ2) is 4.00. The van der Waals surface area contributed by atoms with E-state index in [1.807, 2.05) is 0 Å². The van der Waals surface area contributed by atoms with Crippen LogP contribution >= 0.6 is 0 Å². The Kier molecular flexibility index (Phi) is 2.89. The number of nitrogens with one attached hydrogen (secondary N) is 2. The van der Waals surface area contributed by atoms with Crippen molar-refractivity contribution in [1.29, 1.82) is 0 Å². The minimum absolute atomic E-state index is 0.973. The van der Waals surface area contributed by atoms with Gasteiger partial charge in [0.15, 0.2) is 0 Å². The van der Waals surface area contributed by atoms with Gasteiger partial charge in [-0.3, -0.25) is 5.10 Å². The van der Waals surface area contributed by atoms with Gasteiger partial charge in [-0.05, 0) is 6.54 Å². The van der Waals surface area contributed by atoms with Crippen molar-refractivity contribution in [2.75, 3.05) is 13.1 Å². The molecule has 0 radical (unpaired) electrons. The Hall–Kier alpha value is -0.900. The fourth-order valence-electron chi connectivity index (χ4n) is 0.741. The highest BCUT2D eigenvalue weighted by Crippen LogP contribution is 1.87. The topological polar surface area (TPSA) is 53.6 Å². The van der Waals surface area contributed by atoms with E-state index in [1.54, 1.807) is 6.20 Å². The molecule has 1 aromatic heterocycles. The molecule has 10 heavy (non-hydrogen) atoms. The molecule has 0 saturated carbocycles. The lowest BCUT2D eigenvalue weighted by Crippen LogP contribution is -2.16. The molecule has 0 saturated heterocycles. The SMILES string of the molecule is CCNCCc1cnn[nH]1. The van der Waals surface area contributed by atoms with Crippen LogP contribution in [0.4, 0.5) is 0 Å². The third-order valence-electron chi connectivity index (χ3n) is 1.29. The van der Waals surface area contributed by atoms with Gasteiger partial charge in [0.1, 0.15) is 0 Å². The normalized spacial score (nSPS) is 10.1. The monoisotopic (exact) mass is 140 g/mol. The summed E-state index contributed by atoms with van der Waals surface area (Å²) in [5.74, 6) is 0. The van der Waals surface area contributed by atoms with Gasteiger partial charge in [-0.1, -0.05) is 12.1 Å². The number of hydrogen-bond acceptors (Lipinski definition) is 3. The van der Waals surface area contributed by atoms with Crippen LogP contribution in [0.5, 0.6) is 0 Å². The third kappa shape index (κ3) is 2.14. The predicted octanol–water partition coefficient (Wildman–Crippen LogP) is -0.0433. The van der Waals surface area contributed by atoms with Gasteiger partial charge in [-0.2, -0.15) is 0 Å². The minimum atomic E-state index is 0.973. The summed E-state index contributed by atoms with van der Waals surface area (Å²) in [6.07, 6.45) is 2.72. The van der Waals surface area contributed by atoms with Crippen molar-refractivity contribution in [3.8, 4) is 0 Å². The summed E-state index contributed by atoms with van der Waals surface area (Å²) < 4.78 is 0. The molecule has 1 rings (SSSR count). The Morgan fingerprint density at radius 2 is 2.60 bits per heavy atom. The first-order valence-corrected chi connectivity index (χ1v) is 3.49. The van der Waals surface area contributed by atoms with Gasteiger partial charge in [0, 0.05) is 13.0 Å². The summed E-state index contributed by atoms with van der Waals surface area (Å²) >= 11 is 0. The summed E-state index contributed by atoms with van der Waals surface area (Å²) in [6.45, 7) is 4.09. The molecule has 56 valence electrons. The highest BCUT2D eigenvalue weighted by Gasteiger charge is 1.91. The van der Waals surface area contributed by atoms with Crippen LogP contribution in [0.3, 0.4) is 0 Å². The van der Waals surface area contributed by atoms with Gasteiger partial charge in [-0.25, -0.2) is 0 Å². The maximum Gasteiger partial charge on any atom is 0.0722 e. The Bertz CT molecular complexity index is 158. The first-order valence-electron chi connectivity index (χ1n) is 3.49. The maximum atomic E-state index is 3.67. The smallest absolute Gasteiger partial charge is 0.0722 e. The van der Waals surface area contributed by atoms with E-state index >= 15 is 0 Å². The molecule has 2 N–H and O–H groups in total. The van der Waals surface area contributed by atoms with Crippen molar-refractivity contribution >= 4 is 0 Å². The van der Waals surface area contributed by atoms with Crippen LogP contribution in [0.2, 0.25) is 0 Å². The van der Waals surface area contributed by atoms with E-state index in [2.05, 4.69) is 27.7 Å². The molecule has 0 amide bonds. The highest BCUT2D eigenvalue weighted by atomic mass is 15.3. The van der Waals surface area contributed by atoms with Crippen LogP contribution in [0, 0.1) is 0 Å². The van der Waals surface area contributed by atoms with Crippen LogP contribution < -0.4 is 5.32 Å². The fourth-order valence-corrected chi connectivity index (χ4v) is 0.741. The molecule has 0 spiro atoms. The number of nitrogens with zero attached hydrogens (tertiary/aromatic N) is 2. The van der Waals surface area contributed by atoms with Crippen molar-refractivity contribution in [1.82, 2.24) is 20.7 Å². The summed E-state index contributed by atoms with van der Waals surface area (Å²) in [6, 6.07) is 0. The van der Waals surface area contributed by atoms with Gasteiger partial charge < -0.3 is 5.32 Å². The summed E-state index contributed by atoms with van der Waals surface area (Å²) in [7, 11) is 0. The molecule has 1 heterocycles. The Morgan fingerprint density at radius 1 is 1.70 bits per heavy atom. The molecule has 4 heteroatoms. The van der Waals surface area contributed by atoms with Crippen molar-refractivity contribution in [3.05, 3.63) is 11.9 Å². The molecular weight excluding hydrogens is 128 g/mol. The van der Waals surface area contributed by atoms with Gasteiger partial charge in [0.2, 0.25) is 0 Å². The second-order valence-electron chi connectivity index (χ2n) is 2.09. The Morgan fingerprint density at radius 3 is 3.20 bits per heavy atom. The molecule has 0 aliphatic rings. The van der Waals surface area contributed by atoms with Crippen LogP contribution in [0.25, 0.3) is 0 Å². The van der Waals surface area contributed by atoms with Gasteiger partial charge in [0.05, 0.1) is 11.9 Å². The number of aromatic nitrogens is 3. The van der Waals surface area contributed by atoms with Crippen LogP contribution in [-0.4, -0.2) is 28.5 Å². The van der Waals surface area contributed by atoms with E-state index in [-0.39, 0.29) is 0 Å². The standard InChI is InChI=1S/C6H12N4/c1-2-7-4-3-6-5-8-10-9-6/h5,7H,2-4H2,1H3,(H,8,9,10). The summed E-state index contributed by atoms with van der Waals surface area (Å²) in [5, 5.41) is 13.3. The number of likely N-dealkylation sites (N-methyl/N-ethyl adjacent to an activating group) is 1. The quantitative estimate of drug-likeness (QED) is 0.577. The second-order valence-corrected chi connectivity index (χ2v) is 2.09. The van der Waals surface area contributed by atoms with E-state index in [9.17, 15) is 0 Å². The molecule has 4 nitrogen and oxygen atoms in total. The molecule has 0 fully saturated rings.